The van der Waals surface area contributed by atoms with E-state index >= 15 is 0 Å². The van der Waals surface area contributed by atoms with Crippen molar-refractivity contribution in [2.45, 2.75) is 103 Å². The van der Waals surface area contributed by atoms with Gasteiger partial charge in [0.15, 0.2) is 0 Å². The summed E-state index contributed by atoms with van der Waals surface area (Å²) in [7, 11) is 10.3. The standard InChI is InChI=1S/C22H48N2Si/c1-24(2,3)21-19-17-15-13-11-9-7-5-4-6-8-10-12-14-16-18-20-23-22-25/h23H,4-22H2,1-3H3/q+1. The second-order valence-electron chi connectivity index (χ2n) is 8.85. The monoisotopic (exact) mass is 368 g/mol. The van der Waals surface area contributed by atoms with Crippen LogP contribution in [0.4, 0.5) is 0 Å². The number of quaternary nitrogens is 1. The fraction of sp³-hybridized carbons (Fsp3) is 1.00. The summed E-state index contributed by atoms with van der Waals surface area (Å²) in [5.74, 6) is 0. The molecule has 0 atom stereocenters. The molecule has 0 aliphatic heterocycles. The molecule has 0 aromatic heterocycles. The van der Waals surface area contributed by atoms with Gasteiger partial charge in [-0.3, -0.25) is 0 Å². The van der Waals surface area contributed by atoms with Gasteiger partial charge in [-0.05, 0) is 32.0 Å². The molecular formula is C22H48N2Si+. The highest BCUT2D eigenvalue weighted by molar-refractivity contribution is 6.08. The Morgan fingerprint density at radius 1 is 0.520 bits per heavy atom. The Labute approximate surface area is 163 Å². The normalized spacial score (nSPS) is 12.0. The zero-order chi connectivity index (χ0) is 18.6. The molecule has 0 fully saturated rings. The van der Waals surface area contributed by atoms with Gasteiger partial charge in [0.25, 0.3) is 0 Å². The molecule has 0 aliphatic carbocycles. The molecule has 2 nitrogen and oxygen atoms in total. The van der Waals surface area contributed by atoms with E-state index in [1.54, 1.807) is 0 Å². The predicted molar refractivity (Wildman–Crippen MR) is 115 cm³/mol. The summed E-state index contributed by atoms with van der Waals surface area (Å²) in [5, 5.41) is 3.32. The van der Waals surface area contributed by atoms with Crippen LogP contribution in [-0.2, 0) is 0 Å². The molecular weight excluding hydrogens is 320 g/mol. The van der Waals surface area contributed by atoms with E-state index in [4.69, 9.17) is 0 Å². The van der Waals surface area contributed by atoms with Crippen LogP contribution in [0.5, 0.6) is 0 Å². The van der Waals surface area contributed by atoms with Crippen LogP contribution < -0.4 is 5.32 Å². The van der Waals surface area contributed by atoms with Gasteiger partial charge in [-0.2, -0.15) is 0 Å². The maximum Gasteiger partial charge on any atom is 0.0780 e. The lowest BCUT2D eigenvalue weighted by atomic mass is 10.0. The first-order chi connectivity index (χ1) is 12.1. The van der Waals surface area contributed by atoms with Gasteiger partial charge < -0.3 is 9.80 Å². The first-order valence-electron chi connectivity index (χ1n) is 11.2. The zero-order valence-electron chi connectivity index (χ0n) is 17.9. The zero-order valence-corrected chi connectivity index (χ0v) is 18.9. The first kappa shape index (κ1) is 25.1. The average molecular weight is 369 g/mol. The van der Waals surface area contributed by atoms with Crippen LogP contribution in [0.25, 0.3) is 0 Å². The van der Waals surface area contributed by atoms with E-state index in [0.717, 1.165) is 10.7 Å². The van der Waals surface area contributed by atoms with Crippen LogP contribution in [0, 0.1) is 0 Å². The Hall–Kier alpha value is 0.137. The Bertz CT molecular complexity index is 251. The Morgan fingerprint density at radius 3 is 1.16 bits per heavy atom. The molecule has 0 bridgehead atoms. The average Bonchev–Trinajstić information content (AvgIpc) is 2.56. The molecule has 0 amide bonds. The predicted octanol–water partition coefficient (Wildman–Crippen LogP) is 5.65. The summed E-state index contributed by atoms with van der Waals surface area (Å²) in [4.78, 5) is 0. The number of rotatable bonds is 20. The molecule has 3 radical (unpaired) electrons. The minimum Gasteiger partial charge on any atom is -0.331 e. The van der Waals surface area contributed by atoms with Crippen molar-refractivity contribution >= 4 is 10.2 Å². The molecule has 25 heavy (non-hydrogen) atoms. The third kappa shape index (κ3) is 24.1. The van der Waals surface area contributed by atoms with E-state index in [0.29, 0.717) is 0 Å². The fourth-order valence-corrected chi connectivity index (χ4v) is 3.58. The molecule has 0 aromatic rings. The molecule has 0 aliphatic rings. The van der Waals surface area contributed by atoms with Gasteiger partial charge in [0.1, 0.15) is 0 Å². The first-order valence-corrected chi connectivity index (χ1v) is 11.9. The van der Waals surface area contributed by atoms with E-state index in [-0.39, 0.29) is 0 Å². The number of hydrogen-bond donors (Lipinski definition) is 1. The van der Waals surface area contributed by atoms with E-state index in [1.807, 2.05) is 0 Å². The lowest BCUT2D eigenvalue weighted by Gasteiger charge is -2.23. The van der Waals surface area contributed by atoms with Crippen molar-refractivity contribution in [1.82, 2.24) is 5.32 Å². The molecule has 0 heterocycles. The molecule has 3 heteroatoms. The SMILES string of the molecule is C[N+](C)(C)CCCCCCCCCCCCCCCCCCNC[Si]. The molecule has 0 rings (SSSR count). The van der Waals surface area contributed by atoms with E-state index in [9.17, 15) is 0 Å². The van der Waals surface area contributed by atoms with Crippen LogP contribution in [-0.4, -0.2) is 55.1 Å². The van der Waals surface area contributed by atoms with Crippen molar-refractivity contribution in [1.29, 1.82) is 0 Å². The Morgan fingerprint density at radius 2 is 0.840 bits per heavy atom. The maximum absolute atomic E-state index is 3.44. The van der Waals surface area contributed by atoms with Crippen molar-refractivity contribution in [3.63, 3.8) is 0 Å². The van der Waals surface area contributed by atoms with Crippen LogP contribution in [0.3, 0.4) is 0 Å². The van der Waals surface area contributed by atoms with Gasteiger partial charge in [-0.15, -0.1) is 0 Å². The summed E-state index contributed by atoms with van der Waals surface area (Å²) in [6, 6.07) is 0. The number of unbranched alkanes of at least 4 members (excludes halogenated alkanes) is 15. The summed E-state index contributed by atoms with van der Waals surface area (Å²) in [6.45, 7) is 2.49. The van der Waals surface area contributed by atoms with Gasteiger partial charge in [-0.1, -0.05) is 83.5 Å². The highest BCUT2D eigenvalue weighted by Gasteiger charge is 2.04. The summed E-state index contributed by atoms with van der Waals surface area (Å²) < 4.78 is 1.12. The van der Waals surface area contributed by atoms with Crippen LogP contribution in [0.15, 0.2) is 0 Å². The lowest BCUT2D eigenvalue weighted by molar-refractivity contribution is -0.870. The van der Waals surface area contributed by atoms with Crippen molar-refractivity contribution < 1.29 is 4.48 Å². The van der Waals surface area contributed by atoms with Gasteiger partial charge in [0.05, 0.1) is 27.7 Å². The quantitative estimate of drug-likeness (QED) is 0.166. The number of hydrogen-bond acceptors (Lipinski definition) is 1. The molecule has 0 aromatic carbocycles. The summed E-state index contributed by atoms with van der Waals surface area (Å²) >= 11 is 0. The highest BCUT2D eigenvalue weighted by atomic mass is 28.1. The second kappa shape index (κ2) is 18.9. The minimum absolute atomic E-state index is 0.927. The van der Waals surface area contributed by atoms with Crippen molar-refractivity contribution in [3.05, 3.63) is 0 Å². The second-order valence-corrected chi connectivity index (χ2v) is 9.20. The fourth-order valence-electron chi connectivity index (χ4n) is 3.40. The lowest BCUT2D eigenvalue weighted by Crippen LogP contribution is -2.35. The van der Waals surface area contributed by atoms with Gasteiger partial charge in [-0.25, -0.2) is 0 Å². The van der Waals surface area contributed by atoms with Crippen molar-refractivity contribution in [2.24, 2.45) is 0 Å². The summed E-state index contributed by atoms with van der Waals surface area (Å²) in [5.41, 5.74) is 0. The molecule has 0 unspecified atom stereocenters. The third-order valence-electron chi connectivity index (χ3n) is 5.06. The summed E-state index contributed by atoms with van der Waals surface area (Å²) in [6.07, 6.45) is 24.0. The number of nitrogens with zero attached hydrogens (tertiary/aromatic N) is 1. The van der Waals surface area contributed by atoms with Gasteiger partial charge >= 0.3 is 0 Å². The van der Waals surface area contributed by atoms with Crippen molar-refractivity contribution in [2.75, 3.05) is 40.4 Å². The Balaban J connectivity index is 3.01. The minimum atomic E-state index is 0.927. The topological polar surface area (TPSA) is 12.0 Å². The van der Waals surface area contributed by atoms with Crippen molar-refractivity contribution in [3.8, 4) is 0 Å². The largest absolute Gasteiger partial charge is 0.331 e. The molecule has 0 saturated heterocycles. The van der Waals surface area contributed by atoms with E-state index in [1.165, 1.54) is 116 Å². The smallest absolute Gasteiger partial charge is 0.0780 e. The third-order valence-corrected chi connectivity index (χ3v) is 5.31. The van der Waals surface area contributed by atoms with Crippen LogP contribution >= 0.6 is 0 Å². The van der Waals surface area contributed by atoms with Crippen LogP contribution in [0.2, 0.25) is 0 Å². The van der Waals surface area contributed by atoms with Gasteiger partial charge in [0, 0.05) is 10.2 Å². The highest BCUT2D eigenvalue weighted by Crippen LogP contribution is 2.13. The molecule has 149 valence electrons. The van der Waals surface area contributed by atoms with Crippen LogP contribution in [0.1, 0.15) is 103 Å². The molecule has 0 spiro atoms. The maximum atomic E-state index is 3.44. The Kier molecular flexibility index (Phi) is 19.0. The molecule has 1 N–H and O–H groups in total. The van der Waals surface area contributed by atoms with E-state index in [2.05, 4.69) is 36.7 Å². The number of nitrogens with one attached hydrogen (secondary N) is 1. The van der Waals surface area contributed by atoms with Gasteiger partial charge in [0.2, 0.25) is 0 Å². The van der Waals surface area contributed by atoms with E-state index < -0.39 is 0 Å². The molecule has 0 saturated carbocycles.